The largest absolute Gasteiger partial charge is 0.390 e. The van der Waals surface area contributed by atoms with Gasteiger partial charge in [0.25, 0.3) is 5.85 Å². The molecule has 13 heavy (non-hydrogen) atoms. The number of ether oxygens (including phenoxy) is 2. The molecule has 0 bridgehead atoms. The van der Waals surface area contributed by atoms with E-state index in [-0.39, 0.29) is 0 Å². The number of halogens is 2. The van der Waals surface area contributed by atoms with Crippen LogP contribution in [0.4, 0.5) is 8.78 Å². The average Bonchev–Trinajstić information content (AvgIpc) is 2.04. The molecule has 2 radical (unpaired) electrons. The number of hydrogen-bond acceptors (Lipinski definition) is 3. The summed E-state index contributed by atoms with van der Waals surface area (Å²) < 4.78 is 34.6. The summed E-state index contributed by atoms with van der Waals surface area (Å²) in [6.07, 6.45) is -1.52. The van der Waals surface area contributed by atoms with E-state index in [1.54, 1.807) is 0 Å². The van der Waals surface area contributed by atoms with Crippen molar-refractivity contribution in [1.82, 2.24) is 0 Å². The highest BCUT2D eigenvalue weighted by Crippen LogP contribution is 2.16. The minimum absolute atomic E-state index is 0.496. The summed E-state index contributed by atoms with van der Waals surface area (Å²) in [5.74, 6) is -2.44. The molecule has 6 heteroatoms. The first kappa shape index (κ1) is 12.8. The zero-order valence-electron chi connectivity index (χ0n) is 7.67. The first-order chi connectivity index (χ1) is 5.95. The van der Waals surface area contributed by atoms with Crippen molar-refractivity contribution in [2.45, 2.75) is 25.0 Å². The van der Waals surface area contributed by atoms with Crippen LogP contribution in [0.15, 0.2) is 0 Å². The van der Waals surface area contributed by atoms with Crippen molar-refractivity contribution < 1.29 is 23.4 Å². The molecule has 0 aliphatic heterocycles. The summed E-state index contributed by atoms with van der Waals surface area (Å²) in [7, 11) is 6.34. The SMILES string of the molecule is [B]C(O[C@@](F)(CO)COC)[C@H](C)F. The Hall–Kier alpha value is -0.195. The highest BCUT2D eigenvalue weighted by Gasteiger charge is 2.33. The molecule has 0 rings (SSSR count). The van der Waals surface area contributed by atoms with Gasteiger partial charge in [-0.2, -0.15) is 0 Å². The van der Waals surface area contributed by atoms with Crippen LogP contribution in [0.1, 0.15) is 6.92 Å². The molecular formula is C7H13BF2O3. The number of aliphatic hydroxyl groups excluding tert-OH is 1. The summed E-state index contributed by atoms with van der Waals surface area (Å²) in [5, 5.41) is 8.59. The minimum Gasteiger partial charge on any atom is -0.390 e. The lowest BCUT2D eigenvalue weighted by atomic mass is 9.96. The molecule has 0 aromatic heterocycles. The molecule has 0 aromatic carbocycles. The molecule has 0 aliphatic carbocycles. The van der Waals surface area contributed by atoms with E-state index < -0.39 is 31.2 Å². The van der Waals surface area contributed by atoms with Crippen molar-refractivity contribution in [2.24, 2.45) is 0 Å². The van der Waals surface area contributed by atoms with Crippen molar-refractivity contribution >= 4 is 7.85 Å². The van der Waals surface area contributed by atoms with E-state index in [2.05, 4.69) is 9.47 Å². The Morgan fingerprint density at radius 3 is 2.46 bits per heavy atom. The molecule has 0 aromatic rings. The summed E-state index contributed by atoms with van der Waals surface area (Å²) in [6.45, 7) is -0.291. The van der Waals surface area contributed by atoms with E-state index in [1.165, 1.54) is 7.11 Å². The Labute approximate surface area is 77.4 Å². The highest BCUT2D eigenvalue weighted by atomic mass is 19.2. The number of alkyl halides is 2. The van der Waals surface area contributed by atoms with Crippen LogP contribution in [0.2, 0.25) is 0 Å². The summed E-state index contributed by atoms with van der Waals surface area (Å²) in [4.78, 5) is 0. The van der Waals surface area contributed by atoms with Gasteiger partial charge in [-0.15, -0.1) is 0 Å². The van der Waals surface area contributed by atoms with E-state index in [0.29, 0.717) is 0 Å². The minimum atomic E-state index is -2.44. The average molecular weight is 194 g/mol. The fraction of sp³-hybridized carbons (Fsp3) is 1.00. The van der Waals surface area contributed by atoms with Gasteiger partial charge in [-0.3, -0.25) is 0 Å². The van der Waals surface area contributed by atoms with E-state index in [9.17, 15) is 8.78 Å². The Kier molecular flexibility index (Phi) is 5.43. The van der Waals surface area contributed by atoms with Crippen LogP contribution in [0.3, 0.4) is 0 Å². The molecule has 0 saturated heterocycles. The van der Waals surface area contributed by atoms with E-state index in [4.69, 9.17) is 13.0 Å². The Bertz CT molecular complexity index is 148. The molecule has 0 aliphatic rings. The van der Waals surface area contributed by atoms with Crippen molar-refractivity contribution in [2.75, 3.05) is 20.3 Å². The third kappa shape index (κ3) is 4.54. The molecular weight excluding hydrogens is 181 g/mol. The second-order valence-electron chi connectivity index (χ2n) is 2.73. The molecule has 1 unspecified atom stereocenters. The number of methoxy groups -OCH3 is 1. The van der Waals surface area contributed by atoms with Crippen LogP contribution in [-0.4, -0.2) is 51.3 Å². The lowest BCUT2D eigenvalue weighted by Crippen LogP contribution is -2.42. The van der Waals surface area contributed by atoms with Crippen LogP contribution in [0.5, 0.6) is 0 Å². The molecule has 76 valence electrons. The maximum atomic E-state index is 13.3. The lowest BCUT2D eigenvalue weighted by molar-refractivity contribution is -0.214. The van der Waals surface area contributed by atoms with Crippen LogP contribution in [0.25, 0.3) is 0 Å². The fourth-order valence-corrected chi connectivity index (χ4v) is 0.670. The molecule has 0 spiro atoms. The smallest absolute Gasteiger partial charge is 0.255 e. The predicted octanol–water partition coefficient (Wildman–Crippen LogP) is 0.160. The maximum absolute atomic E-state index is 13.3. The highest BCUT2D eigenvalue weighted by molar-refractivity contribution is 6.11. The zero-order chi connectivity index (χ0) is 10.5. The van der Waals surface area contributed by atoms with Gasteiger partial charge in [-0.1, -0.05) is 0 Å². The third-order valence-corrected chi connectivity index (χ3v) is 1.40. The summed E-state index contributed by atoms with van der Waals surface area (Å²) in [5.41, 5.74) is 0. The molecule has 3 nitrogen and oxygen atoms in total. The monoisotopic (exact) mass is 194 g/mol. The van der Waals surface area contributed by atoms with Gasteiger partial charge in [-0.05, 0) is 6.92 Å². The first-order valence-corrected chi connectivity index (χ1v) is 3.81. The van der Waals surface area contributed by atoms with Gasteiger partial charge >= 0.3 is 0 Å². The lowest BCUT2D eigenvalue weighted by Gasteiger charge is -2.27. The molecule has 0 saturated carbocycles. The van der Waals surface area contributed by atoms with Crippen molar-refractivity contribution in [3.8, 4) is 0 Å². The molecule has 0 amide bonds. The summed E-state index contributed by atoms with van der Waals surface area (Å²) in [6, 6.07) is -1.41. The second-order valence-corrected chi connectivity index (χ2v) is 2.73. The summed E-state index contributed by atoms with van der Waals surface area (Å²) >= 11 is 0. The van der Waals surface area contributed by atoms with Crippen LogP contribution >= 0.6 is 0 Å². The maximum Gasteiger partial charge on any atom is 0.255 e. The van der Waals surface area contributed by atoms with Crippen LogP contribution < -0.4 is 0 Å². The molecule has 0 fully saturated rings. The Balaban J connectivity index is 4.09. The topological polar surface area (TPSA) is 38.7 Å². The quantitative estimate of drug-likeness (QED) is 0.612. The predicted molar refractivity (Wildman–Crippen MR) is 44.0 cm³/mol. The van der Waals surface area contributed by atoms with E-state index in [0.717, 1.165) is 6.92 Å². The third-order valence-electron chi connectivity index (χ3n) is 1.40. The van der Waals surface area contributed by atoms with E-state index >= 15 is 0 Å². The van der Waals surface area contributed by atoms with Gasteiger partial charge in [0, 0.05) is 7.11 Å². The molecule has 3 atom stereocenters. The number of aliphatic hydroxyl groups is 1. The van der Waals surface area contributed by atoms with Gasteiger partial charge in [0.1, 0.15) is 27.2 Å². The van der Waals surface area contributed by atoms with Crippen molar-refractivity contribution in [3.05, 3.63) is 0 Å². The van der Waals surface area contributed by atoms with Gasteiger partial charge < -0.3 is 14.6 Å². The normalized spacial score (nSPS) is 20.7. The van der Waals surface area contributed by atoms with Gasteiger partial charge in [0.15, 0.2) is 0 Å². The van der Waals surface area contributed by atoms with Crippen molar-refractivity contribution in [3.63, 3.8) is 0 Å². The number of hydrogen-bond donors (Lipinski definition) is 1. The Morgan fingerprint density at radius 1 is 1.62 bits per heavy atom. The number of rotatable bonds is 6. The standard InChI is InChI=1S/C7H13BF2O3/c1-5(9)6(8)13-7(10,3-11)4-12-2/h5-6,11H,3-4H2,1-2H3/t5-,6?,7-/m0/s1. The van der Waals surface area contributed by atoms with Crippen LogP contribution in [0, 0.1) is 0 Å². The van der Waals surface area contributed by atoms with Gasteiger partial charge in [0.05, 0.1) is 6.00 Å². The van der Waals surface area contributed by atoms with Gasteiger partial charge in [0.2, 0.25) is 0 Å². The van der Waals surface area contributed by atoms with Crippen LogP contribution in [-0.2, 0) is 9.47 Å². The van der Waals surface area contributed by atoms with Gasteiger partial charge in [-0.25, -0.2) is 8.78 Å². The zero-order valence-corrected chi connectivity index (χ0v) is 7.67. The molecule has 0 heterocycles. The second kappa shape index (κ2) is 5.52. The molecule has 1 N–H and O–H groups in total. The fourth-order valence-electron chi connectivity index (χ4n) is 0.670. The Morgan fingerprint density at radius 2 is 2.15 bits per heavy atom. The van der Waals surface area contributed by atoms with Crippen molar-refractivity contribution in [1.29, 1.82) is 0 Å². The van der Waals surface area contributed by atoms with E-state index in [1.807, 2.05) is 0 Å². The first-order valence-electron chi connectivity index (χ1n) is 3.81.